The highest BCUT2D eigenvalue weighted by Crippen LogP contribution is 2.34. The molecule has 2 rings (SSSR count). The van der Waals surface area contributed by atoms with E-state index in [9.17, 15) is 4.79 Å². The highest BCUT2D eigenvalue weighted by atomic mass is 16.1. The predicted octanol–water partition coefficient (Wildman–Crippen LogP) is -0.438. The first-order valence-corrected chi connectivity index (χ1v) is 2.60. The smallest absolute Gasteiger partial charge is 0.157 e. The van der Waals surface area contributed by atoms with Crippen LogP contribution in [-0.2, 0) is 4.79 Å². The summed E-state index contributed by atoms with van der Waals surface area (Å²) in [6.07, 6.45) is 1.03. The lowest BCUT2D eigenvalue weighted by molar-refractivity contribution is -0.112. The predicted molar refractivity (Wildman–Crippen MR) is 23.9 cm³/mol. The van der Waals surface area contributed by atoms with Crippen LogP contribution in [0.4, 0.5) is 0 Å². The molecular formula is C5H6NO. The molecule has 0 aromatic heterocycles. The van der Waals surface area contributed by atoms with E-state index >= 15 is 0 Å². The second-order valence-corrected chi connectivity index (χ2v) is 2.15. The lowest BCUT2D eigenvalue weighted by Crippen LogP contribution is -2.05. The van der Waals surface area contributed by atoms with Gasteiger partial charge in [-0.05, 0) is 6.42 Å². The molecule has 1 heterocycles. The van der Waals surface area contributed by atoms with Crippen molar-refractivity contribution in [3.63, 3.8) is 0 Å². The lowest BCUT2D eigenvalue weighted by Gasteiger charge is -1.82. The van der Waals surface area contributed by atoms with Gasteiger partial charge in [0.2, 0.25) is 0 Å². The molecule has 0 aromatic rings. The molecule has 0 N–H and O–H groups in total. The van der Waals surface area contributed by atoms with Gasteiger partial charge >= 0.3 is 0 Å². The van der Waals surface area contributed by atoms with Gasteiger partial charge in [0.15, 0.2) is 5.78 Å². The van der Waals surface area contributed by atoms with Crippen molar-refractivity contribution in [2.24, 2.45) is 5.92 Å². The Hall–Kier alpha value is -0.370. The van der Waals surface area contributed by atoms with Crippen molar-refractivity contribution < 1.29 is 4.79 Å². The number of piperidine rings is 1. The number of ketones is 1. The summed E-state index contributed by atoms with van der Waals surface area (Å²) in [5.41, 5.74) is 0. The molecule has 1 aliphatic carbocycles. The van der Waals surface area contributed by atoms with E-state index in [1.807, 2.05) is 0 Å². The molecular weight excluding hydrogens is 90.1 g/mol. The van der Waals surface area contributed by atoms with Crippen LogP contribution < -0.4 is 5.32 Å². The van der Waals surface area contributed by atoms with E-state index in [2.05, 4.69) is 5.32 Å². The van der Waals surface area contributed by atoms with Gasteiger partial charge in [-0.3, -0.25) is 4.79 Å². The van der Waals surface area contributed by atoms with Crippen molar-refractivity contribution in [2.45, 2.75) is 12.5 Å². The minimum Gasteiger partial charge on any atom is -0.297 e. The van der Waals surface area contributed by atoms with Crippen LogP contribution in [0.15, 0.2) is 0 Å². The van der Waals surface area contributed by atoms with E-state index in [-0.39, 0.29) is 6.04 Å². The van der Waals surface area contributed by atoms with Gasteiger partial charge in [0.1, 0.15) is 0 Å². The number of rotatable bonds is 0. The topological polar surface area (TPSA) is 31.2 Å². The molecule has 37 valence electrons. The van der Waals surface area contributed by atoms with Crippen LogP contribution in [0.3, 0.4) is 0 Å². The third kappa shape index (κ3) is 0.304. The summed E-state index contributed by atoms with van der Waals surface area (Å²) in [7, 11) is 0. The van der Waals surface area contributed by atoms with Gasteiger partial charge in [-0.1, -0.05) is 0 Å². The summed E-state index contributed by atoms with van der Waals surface area (Å²) >= 11 is 0. The molecule has 1 radical (unpaired) electrons. The van der Waals surface area contributed by atoms with Gasteiger partial charge in [-0.2, -0.15) is 0 Å². The molecule has 0 bridgehead atoms. The molecule has 1 saturated heterocycles. The van der Waals surface area contributed by atoms with Crippen LogP contribution in [0, 0.1) is 5.92 Å². The first-order chi connectivity index (χ1) is 3.39. The minimum absolute atomic E-state index is 0.167. The fourth-order valence-electron chi connectivity index (χ4n) is 1.15. The molecule has 1 unspecified atom stereocenters. The van der Waals surface area contributed by atoms with Gasteiger partial charge in [0.25, 0.3) is 0 Å². The first-order valence-electron chi connectivity index (χ1n) is 2.60. The molecule has 2 fully saturated rings. The maximum atomic E-state index is 10.4. The van der Waals surface area contributed by atoms with Crippen molar-refractivity contribution in [1.82, 2.24) is 5.32 Å². The van der Waals surface area contributed by atoms with E-state index < -0.39 is 0 Å². The summed E-state index contributed by atoms with van der Waals surface area (Å²) in [6, 6.07) is 0.167. The number of carbonyl (C=O) groups excluding carboxylic acids is 1. The molecule has 2 atom stereocenters. The molecule has 1 aliphatic heterocycles. The minimum atomic E-state index is 0.167. The number of Topliss-reactive ketones (excluding diaryl/α,β-unsaturated/α-hetero) is 1. The monoisotopic (exact) mass is 96.0 g/mol. The molecule has 2 nitrogen and oxygen atoms in total. The number of hydrogen-bond acceptors (Lipinski definition) is 1. The maximum absolute atomic E-state index is 10.4. The number of nitrogens with zero attached hydrogens (tertiary/aromatic N) is 1. The number of hydrogen-bond donors (Lipinski definition) is 0. The summed E-state index contributed by atoms with van der Waals surface area (Å²) in [6.45, 7) is 0.932. The zero-order valence-corrected chi connectivity index (χ0v) is 3.92. The quantitative estimate of drug-likeness (QED) is 0.402. The van der Waals surface area contributed by atoms with Gasteiger partial charge in [-0.15, -0.1) is 0 Å². The van der Waals surface area contributed by atoms with E-state index in [0.29, 0.717) is 11.7 Å². The molecule has 0 spiro atoms. The third-order valence-corrected chi connectivity index (χ3v) is 1.69. The van der Waals surface area contributed by atoms with Crippen molar-refractivity contribution in [3.05, 3.63) is 0 Å². The Morgan fingerprint density at radius 2 is 2.57 bits per heavy atom. The Balaban J connectivity index is 2.19. The van der Waals surface area contributed by atoms with Gasteiger partial charge in [0, 0.05) is 12.5 Å². The van der Waals surface area contributed by atoms with E-state index in [1.165, 1.54) is 0 Å². The molecule has 2 heteroatoms. The Labute approximate surface area is 41.9 Å². The Bertz CT molecular complexity index is 109. The second kappa shape index (κ2) is 0.892. The number of carbonyl (C=O) groups is 1. The maximum Gasteiger partial charge on any atom is 0.157 e. The average Bonchev–Trinajstić information content (AvgIpc) is 2.26. The van der Waals surface area contributed by atoms with Crippen molar-refractivity contribution in [2.75, 3.05) is 6.54 Å². The second-order valence-electron chi connectivity index (χ2n) is 2.15. The molecule has 7 heavy (non-hydrogen) atoms. The van der Waals surface area contributed by atoms with Crippen molar-refractivity contribution in [1.29, 1.82) is 0 Å². The Morgan fingerprint density at radius 3 is 2.86 bits per heavy atom. The highest BCUT2D eigenvalue weighted by Gasteiger charge is 2.53. The summed E-state index contributed by atoms with van der Waals surface area (Å²) < 4.78 is 0. The largest absolute Gasteiger partial charge is 0.297 e. The van der Waals surface area contributed by atoms with Crippen LogP contribution in [0.25, 0.3) is 0 Å². The SMILES string of the molecule is O=C1C2CC[N][C@@H]12. The van der Waals surface area contributed by atoms with E-state index in [1.54, 1.807) is 0 Å². The Kier molecular flexibility index (Phi) is 0.460. The molecule has 0 amide bonds. The van der Waals surface area contributed by atoms with E-state index in [0.717, 1.165) is 13.0 Å². The zero-order valence-electron chi connectivity index (χ0n) is 3.92. The fourth-order valence-corrected chi connectivity index (χ4v) is 1.15. The fraction of sp³-hybridized carbons (Fsp3) is 0.800. The standard InChI is InChI=1S/C5H6NO/c7-5-3-1-2-6-4(3)5/h3-4H,1-2H2/t3?,4-/m1/s1. The number of fused-ring (bicyclic) bond motifs is 1. The molecule has 1 saturated carbocycles. The summed E-state index contributed by atoms with van der Waals surface area (Å²) in [5.74, 6) is 0.756. The van der Waals surface area contributed by atoms with Gasteiger partial charge in [-0.25, -0.2) is 5.32 Å². The van der Waals surface area contributed by atoms with Crippen LogP contribution >= 0.6 is 0 Å². The van der Waals surface area contributed by atoms with Crippen LogP contribution in [-0.4, -0.2) is 18.4 Å². The average molecular weight is 96.1 g/mol. The van der Waals surface area contributed by atoms with Crippen LogP contribution in [0.1, 0.15) is 6.42 Å². The van der Waals surface area contributed by atoms with Gasteiger partial charge < -0.3 is 0 Å². The zero-order chi connectivity index (χ0) is 4.85. The molecule has 2 aliphatic rings. The van der Waals surface area contributed by atoms with Crippen LogP contribution in [0.5, 0.6) is 0 Å². The highest BCUT2D eigenvalue weighted by molar-refractivity contribution is 6.03. The molecule has 0 aromatic carbocycles. The van der Waals surface area contributed by atoms with Crippen molar-refractivity contribution in [3.8, 4) is 0 Å². The lowest BCUT2D eigenvalue weighted by atomic mass is 10.3. The van der Waals surface area contributed by atoms with E-state index in [4.69, 9.17) is 0 Å². The van der Waals surface area contributed by atoms with Crippen LogP contribution in [0.2, 0.25) is 0 Å². The van der Waals surface area contributed by atoms with Crippen molar-refractivity contribution >= 4 is 5.78 Å². The normalized spacial score (nSPS) is 46.6. The third-order valence-electron chi connectivity index (χ3n) is 1.69. The summed E-state index contributed by atoms with van der Waals surface area (Å²) in [4.78, 5) is 10.4. The summed E-state index contributed by atoms with van der Waals surface area (Å²) in [5, 5.41) is 4.04. The Morgan fingerprint density at radius 1 is 1.71 bits per heavy atom. The first kappa shape index (κ1) is 3.61. The van der Waals surface area contributed by atoms with Gasteiger partial charge in [0.05, 0.1) is 6.04 Å².